The molecule has 1 aromatic carbocycles. The second-order valence-corrected chi connectivity index (χ2v) is 6.17. The molecule has 104 valence electrons. The van der Waals surface area contributed by atoms with Crippen LogP contribution in [-0.4, -0.2) is 13.7 Å². The van der Waals surface area contributed by atoms with Gasteiger partial charge >= 0.3 is 0 Å². The van der Waals surface area contributed by atoms with Gasteiger partial charge in [-0.3, -0.25) is 0 Å². The van der Waals surface area contributed by atoms with Crippen molar-refractivity contribution >= 4 is 22.6 Å². The smallest absolute Gasteiger partial charge is 0.175 e. The number of methoxy groups -OCH3 is 1. The molecule has 0 aliphatic heterocycles. The lowest BCUT2D eigenvalue weighted by atomic mass is 9.81. The van der Waals surface area contributed by atoms with E-state index in [4.69, 9.17) is 9.47 Å². The molecule has 0 fully saturated rings. The maximum absolute atomic E-state index is 5.84. The van der Waals surface area contributed by atoms with Crippen molar-refractivity contribution in [1.29, 1.82) is 0 Å². The van der Waals surface area contributed by atoms with E-state index in [0.29, 0.717) is 12.5 Å². The van der Waals surface area contributed by atoms with Gasteiger partial charge in [-0.05, 0) is 65.8 Å². The van der Waals surface area contributed by atoms with Gasteiger partial charge in [0.2, 0.25) is 0 Å². The van der Waals surface area contributed by atoms with Crippen molar-refractivity contribution < 1.29 is 9.47 Å². The van der Waals surface area contributed by atoms with Crippen molar-refractivity contribution in [3.05, 3.63) is 32.9 Å². The summed E-state index contributed by atoms with van der Waals surface area (Å²) in [5.74, 6) is 2.42. The van der Waals surface area contributed by atoms with Crippen LogP contribution in [0, 0.1) is 10.5 Å². The lowest BCUT2D eigenvalue weighted by molar-refractivity contribution is 0.319. The lowest BCUT2D eigenvalue weighted by Crippen LogP contribution is -2.14. The van der Waals surface area contributed by atoms with Gasteiger partial charge in [0.05, 0.1) is 10.7 Å². The molecule has 0 saturated heterocycles. The summed E-state index contributed by atoms with van der Waals surface area (Å²) in [4.78, 5) is 0. The van der Waals surface area contributed by atoms with Crippen LogP contribution in [0.4, 0.5) is 0 Å². The molecule has 0 bridgehead atoms. The SMILES string of the molecule is C=CCOc1c(I)c(C)c2c(c1OC)CCCC2C. The van der Waals surface area contributed by atoms with Gasteiger partial charge in [0.25, 0.3) is 0 Å². The van der Waals surface area contributed by atoms with Gasteiger partial charge in [-0.25, -0.2) is 0 Å². The van der Waals surface area contributed by atoms with E-state index in [-0.39, 0.29) is 0 Å². The standard InChI is InChI=1S/C16H21IO2/c1-5-9-19-16-14(17)11(3)13-10(2)7-6-8-12(13)15(16)18-4/h5,10H,1,6-9H2,2-4H3. The molecule has 2 nitrogen and oxygen atoms in total. The first-order valence-corrected chi connectivity index (χ1v) is 7.82. The third-order valence-electron chi connectivity index (χ3n) is 3.84. The third-order valence-corrected chi connectivity index (χ3v) is 5.14. The van der Waals surface area contributed by atoms with Crippen molar-refractivity contribution in [2.45, 2.75) is 39.0 Å². The second-order valence-electron chi connectivity index (χ2n) is 5.09. The maximum atomic E-state index is 5.84. The van der Waals surface area contributed by atoms with E-state index < -0.39 is 0 Å². The topological polar surface area (TPSA) is 18.5 Å². The van der Waals surface area contributed by atoms with Crippen LogP contribution in [0.2, 0.25) is 0 Å². The fourth-order valence-corrected chi connectivity index (χ4v) is 3.70. The van der Waals surface area contributed by atoms with Crippen LogP contribution in [0.15, 0.2) is 12.7 Å². The van der Waals surface area contributed by atoms with Crippen LogP contribution in [0.5, 0.6) is 11.5 Å². The van der Waals surface area contributed by atoms with E-state index >= 15 is 0 Å². The molecule has 2 rings (SSSR count). The number of benzene rings is 1. The van der Waals surface area contributed by atoms with E-state index in [1.165, 1.54) is 33.1 Å². The molecule has 19 heavy (non-hydrogen) atoms. The molecule has 0 spiro atoms. The molecule has 0 aromatic heterocycles. The highest BCUT2D eigenvalue weighted by Crippen LogP contribution is 2.46. The molecule has 0 radical (unpaired) electrons. The van der Waals surface area contributed by atoms with Crippen molar-refractivity contribution in [2.75, 3.05) is 13.7 Å². The molecule has 0 heterocycles. The van der Waals surface area contributed by atoms with Gasteiger partial charge in [-0.1, -0.05) is 19.6 Å². The maximum Gasteiger partial charge on any atom is 0.175 e. The van der Waals surface area contributed by atoms with Crippen LogP contribution in [0.1, 0.15) is 42.4 Å². The number of halogens is 1. The van der Waals surface area contributed by atoms with Gasteiger partial charge in [-0.2, -0.15) is 0 Å². The minimum absolute atomic E-state index is 0.514. The van der Waals surface area contributed by atoms with Gasteiger partial charge < -0.3 is 9.47 Å². The van der Waals surface area contributed by atoms with E-state index in [2.05, 4.69) is 43.0 Å². The zero-order valence-corrected chi connectivity index (χ0v) is 14.0. The first-order valence-electron chi connectivity index (χ1n) is 6.74. The predicted molar refractivity (Wildman–Crippen MR) is 87.5 cm³/mol. The molecule has 1 aromatic rings. The molecule has 1 unspecified atom stereocenters. The van der Waals surface area contributed by atoms with Crippen molar-refractivity contribution in [2.24, 2.45) is 0 Å². The summed E-state index contributed by atoms with van der Waals surface area (Å²) in [6.07, 6.45) is 5.35. The van der Waals surface area contributed by atoms with E-state index in [0.717, 1.165) is 17.9 Å². The van der Waals surface area contributed by atoms with E-state index in [9.17, 15) is 0 Å². The zero-order chi connectivity index (χ0) is 14.0. The van der Waals surface area contributed by atoms with Gasteiger partial charge in [0.1, 0.15) is 6.61 Å². The Balaban J connectivity index is 2.63. The first-order chi connectivity index (χ1) is 9.11. The number of rotatable bonds is 4. The molecular weight excluding hydrogens is 351 g/mol. The van der Waals surface area contributed by atoms with Crippen LogP contribution in [-0.2, 0) is 6.42 Å². The normalized spacial score (nSPS) is 17.8. The lowest BCUT2D eigenvalue weighted by Gasteiger charge is -2.29. The van der Waals surface area contributed by atoms with Crippen LogP contribution in [0.25, 0.3) is 0 Å². The van der Waals surface area contributed by atoms with E-state index in [1.54, 1.807) is 13.2 Å². The Bertz CT molecular complexity index is 494. The Labute approximate surface area is 129 Å². The minimum Gasteiger partial charge on any atom is -0.493 e. The summed E-state index contributed by atoms with van der Waals surface area (Å²) < 4.78 is 12.7. The Hall–Kier alpha value is -0.710. The van der Waals surface area contributed by atoms with Crippen molar-refractivity contribution in [3.63, 3.8) is 0 Å². The largest absolute Gasteiger partial charge is 0.493 e. The summed E-state index contributed by atoms with van der Waals surface area (Å²) >= 11 is 2.37. The van der Waals surface area contributed by atoms with Crippen molar-refractivity contribution in [3.8, 4) is 11.5 Å². The fraction of sp³-hybridized carbons (Fsp3) is 0.500. The molecule has 0 amide bonds. The molecular formula is C16H21IO2. The van der Waals surface area contributed by atoms with Crippen LogP contribution < -0.4 is 9.47 Å². The van der Waals surface area contributed by atoms with Gasteiger partial charge in [0.15, 0.2) is 11.5 Å². The number of hydrogen-bond acceptors (Lipinski definition) is 2. The molecule has 1 atom stereocenters. The first kappa shape index (κ1) is 14.7. The minimum atomic E-state index is 0.514. The zero-order valence-electron chi connectivity index (χ0n) is 11.9. The molecule has 1 aliphatic carbocycles. The summed E-state index contributed by atoms with van der Waals surface area (Å²) in [6, 6.07) is 0. The fourth-order valence-electron chi connectivity index (χ4n) is 3.01. The Morgan fingerprint density at radius 2 is 2.16 bits per heavy atom. The van der Waals surface area contributed by atoms with E-state index in [1.807, 2.05) is 0 Å². The van der Waals surface area contributed by atoms with Crippen LogP contribution in [0.3, 0.4) is 0 Å². The molecule has 0 N–H and O–H groups in total. The molecule has 3 heteroatoms. The third kappa shape index (κ3) is 2.62. The highest BCUT2D eigenvalue weighted by molar-refractivity contribution is 14.1. The monoisotopic (exact) mass is 372 g/mol. The molecule has 0 saturated carbocycles. The summed E-state index contributed by atoms with van der Waals surface area (Å²) in [5, 5.41) is 0. The Kier molecular flexibility index (Phi) is 4.76. The van der Waals surface area contributed by atoms with Crippen LogP contribution >= 0.6 is 22.6 Å². The highest BCUT2D eigenvalue weighted by atomic mass is 127. The number of hydrogen-bond donors (Lipinski definition) is 0. The van der Waals surface area contributed by atoms with Crippen molar-refractivity contribution in [1.82, 2.24) is 0 Å². The van der Waals surface area contributed by atoms with Gasteiger partial charge in [0, 0.05) is 5.56 Å². The quantitative estimate of drug-likeness (QED) is 0.568. The number of fused-ring (bicyclic) bond motifs is 1. The second kappa shape index (κ2) is 6.16. The number of ether oxygens (including phenoxy) is 2. The van der Waals surface area contributed by atoms with Gasteiger partial charge in [-0.15, -0.1) is 0 Å². The highest BCUT2D eigenvalue weighted by Gasteiger charge is 2.27. The summed E-state index contributed by atoms with van der Waals surface area (Å²) in [6.45, 7) is 8.74. The summed E-state index contributed by atoms with van der Waals surface area (Å²) in [5.41, 5.74) is 4.17. The summed E-state index contributed by atoms with van der Waals surface area (Å²) in [7, 11) is 1.74. The predicted octanol–water partition coefficient (Wildman–Crippen LogP) is 4.61. The molecule has 1 aliphatic rings. The average molecular weight is 372 g/mol. The average Bonchev–Trinajstić information content (AvgIpc) is 2.41. The Morgan fingerprint density at radius 1 is 1.42 bits per heavy atom. The Morgan fingerprint density at radius 3 is 2.79 bits per heavy atom.